The van der Waals surface area contributed by atoms with Crippen molar-refractivity contribution in [3.63, 3.8) is 0 Å². The number of aromatic nitrogens is 1. The molecule has 1 aromatic heterocycles. The summed E-state index contributed by atoms with van der Waals surface area (Å²) in [5, 5.41) is 11.6. The number of pyridine rings is 1. The first kappa shape index (κ1) is 16.6. The lowest BCUT2D eigenvalue weighted by Crippen LogP contribution is -2.17. The van der Waals surface area contributed by atoms with Gasteiger partial charge in [-0.05, 0) is 24.3 Å². The van der Waals surface area contributed by atoms with E-state index in [1.807, 2.05) is 6.92 Å². The summed E-state index contributed by atoms with van der Waals surface area (Å²) >= 11 is 1.18. The minimum atomic E-state index is -4.51. The number of nitrogens with two attached hydrogens (primary N) is 1. The van der Waals surface area contributed by atoms with Crippen molar-refractivity contribution in [3.8, 4) is 0 Å². The van der Waals surface area contributed by atoms with Crippen molar-refractivity contribution < 1.29 is 18.4 Å². The number of amidine groups is 1. The second kappa shape index (κ2) is 7.37. The summed E-state index contributed by atoms with van der Waals surface area (Å²) in [7, 11) is 0. The normalized spacial score (nSPS) is 12.7. The lowest BCUT2D eigenvalue weighted by atomic mass is 10.2. The van der Waals surface area contributed by atoms with E-state index >= 15 is 0 Å². The maximum absolute atomic E-state index is 12.6. The van der Waals surface area contributed by atoms with Crippen LogP contribution in [0.4, 0.5) is 13.2 Å². The van der Waals surface area contributed by atoms with Crippen molar-refractivity contribution in [2.24, 2.45) is 10.9 Å². The molecule has 0 radical (unpaired) electrons. The maximum atomic E-state index is 12.6. The molecule has 112 valence electrons. The predicted molar refractivity (Wildman–Crippen MR) is 72.0 cm³/mol. The average molecular weight is 307 g/mol. The molecule has 3 N–H and O–H groups in total. The molecule has 0 bridgehead atoms. The highest BCUT2D eigenvalue weighted by atomic mass is 32.2. The molecule has 4 nitrogen and oxygen atoms in total. The van der Waals surface area contributed by atoms with Crippen LogP contribution in [0, 0.1) is 0 Å². The first-order valence-corrected chi connectivity index (χ1v) is 7.07. The number of hydrogen-bond acceptors (Lipinski definition) is 4. The van der Waals surface area contributed by atoms with E-state index in [1.165, 1.54) is 17.8 Å². The molecule has 0 aliphatic carbocycles. The zero-order valence-corrected chi connectivity index (χ0v) is 11.8. The minimum Gasteiger partial charge on any atom is -0.409 e. The van der Waals surface area contributed by atoms with E-state index in [0.29, 0.717) is 5.75 Å². The Morgan fingerprint density at radius 1 is 1.40 bits per heavy atom. The zero-order chi connectivity index (χ0) is 15.2. The SMILES string of the molecule is CCCCCSc1nc(C(F)(F)F)ccc1/C(N)=N/O. The molecule has 0 aliphatic heterocycles. The lowest BCUT2D eigenvalue weighted by Gasteiger charge is -2.11. The molecular formula is C12H16F3N3OS. The van der Waals surface area contributed by atoms with Crippen LogP contribution >= 0.6 is 11.8 Å². The summed E-state index contributed by atoms with van der Waals surface area (Å²) in [4.78, 5) is 3.58. The minimum absolute atomic E-state index is 0.131. The van der Waals surface area contributed by atoms with E-state index in [9.17, 15) is 13.2 Å². The summed E-state index contributed by atoms with van der Waals surface area (Å²) in [6.07, 6.45) is -1.63. The maximum Gasteiger partial charge on any atom is 0.433 e. The molecule has 20 heavy (non-hydrogen) atoms. The predicted octanol–water partition coefficient (Wildman–Crippen LogP) is 3.48. The van der Waals surface area contributed by atoms with Gasteiger partial charge in [0.15, 0.2) is 5.84 Å². The van der Waals surface area contributed by atoms with Gasteiger partial charge in [-0.15, -0.1) is 11.8 Å². The van der Waals surface area contributed by atoms with Gasteiger partial charge in [0.25, 0.3) is 0 Å². The highest BCUT2D eigenvalue weighted by molar-refractivity contribution is 7.99. The number of halogens is 3. The number of alkyl halides is 3. The molecule has 1 aromatic rings. The van der Waals surface area contributed by atoms with E-state index in [4.69, 9.17) is 10.9 Å². The summed E-state index contributed by atoms with van der Waals surface area (Å²) in [5.74, 6) is 0.387. The molecule has 0 saturated heterocycles. The van der Waals surface area contributed by atoms with Gasteiger partial charge in [-0.3, -0.25) is 0 Å². The van der Waals surface area contributed by atoms with Gasteiger partial charge in [0.05, 0.1) is 5.56 Å². The van der Waals surface area contributed by atoms with Crippen molar-refractivity contribution in [1.29, 1.82) is 0 Å². The lowest BCUT2D eigenvalue weighted by molar-refractivity contribution is -0.141. The second-order valence-electron chi connectivity index (χ2n) is 4.09. The van der Waals surface area contributed by atoms with Crippen molar-refractivity contribution in [2.45, 2.75) is 37.4 Å². The van der Waals surface area contributed by atoms with Gasteiger partial charge in [0, 0.05) is 0 Å². The molecule has 0 fully saturated rings. The van der Waals surface area contributed by atoms with E-state index in [0.717, 1.165) is 25.3 Å². The third-order valence-corrected chi connectivity index (χ3v) is 3.60. The van der Waals surface area contributed by atoms with Gasteiger partial charge in [0.2, 0.25) is 0 Å². The van der Waals surface area contributed by atoms with Gasteiger partial charge in [-0.1, -0.05) is 24.9 Å². The fraction of sp³-hybridized carbons (Fsp3) is 0.500. The molecule has 1 rings (SSSR count). The first-order chi connectivity index (χ1) is 9.40. The van der Waals surface area contributed by atoms with Crippen molar-refractivity contribution >= 4 is 17.6 Å². The number of unbranched alkanes of at least 4 members (excludes halogenated alkanes) is 2. The smallest absolute Gasteiger partial charge is 0.409 e. The average Bonchev–Trinajstić information content (AvgIpc) is 2.41. The standard InChI is InChI=1S/C12H16F3N3OS/c1-2-3-4-7-20-11-8(10(16)18-19)5-6-9(17-11)12(13,14)15/h5-6,19H,2-4,7H2,1H3,(H2,16,18). The van der Waals surface area contributed by atoms with Crippen LogP contribution in [0.2, 0.25) is 0 Å². The topological polar surface area (TPSA) is 71.5 Å². The molecule has 8 heteroatoms. The Morgan fingerprint density at radius 2 is 2.10 bits per heavy atom. The zero-order valence-electron chi connectivity index (χ0n) is 10.9. The molecule has 0 aromatic carbocycles. The first-order valence-electron chi connectivity index (χ1n) is 6.09. The van der Waals surface area contributed by atoms with Crippen LogP contribution in [0.1, 0.15) is 37.4 Å². The van der Waals surface area contributed by atoms with Crippen molar-refractivity contribution in [2.75, 3.05) is 5.75 Å². The highest BCUT2D eigenvalue weighted by Gasteiger charge is 2.33. The molecular weight excluding hydrogens is 291 g/mol. The van der Waals surface area contributed by atoms with Crippen LogP contribution in [0.3, 0.4) is 0 Å². The van der Waals surface area contributed by atoms with Crippen molar-refractivity contribution in [3.05, 3.63) is 23.4 Å². The molecule has 0 spiro atoms. The Kier molecular flexibility index (Phi) is 6.12. The number of thioether (sulfide) groups is 1. The van der Waals surface area contributed by atoms with Gasteiger partial charge < -0.3 is 10.9 Å². The fourth-order valence-electron chi connectivity index (χ4n) is 1.48. The van der Waals surface area contributed by atoms with Crippen molar-refractivity contribution in [1.82, 2.24) is 4.98 Å². The van der Waals surface area contributed by atoms with E-state index < -0.39 is 11.9 Å². The Balaban J connectivity index is 3.01. The van der Waals surface area contributed by atoms with Crippen LogP contribution in [-0.4, -0.2) is 21.8 Å². The molecule has 0 atom stereocenters. The number of oxime groups is 1. The van der Waals surface area contributed by atoms with Gasteiger partial charge in [0.1, 0.15) is 10.7 Å². The van der Waals surface area contributed by atoms with Crippen LogP contribution < -0.4 is 5.73 Å². The largest absolute Gasteiger partial charge is 0.433 e. The van der Waals surface area contributed by atoms with Crippen LogP contribution in [0.15, 0.2) is 22.3 Å². The molecule has 0 saturated carbocycles. The second-order valence-corrected chi connectivity index (χ2v) is 5.17. The Labute approximate surface area is 119 Å². The molecule has 0 aliphatic rings. The Morgan fingerprint density at radius 3 is 2.65 bits per heavy atom. The fourth-order valence-corrected chi connectivity index (χ4v) is 2.51. The quantitative estimate of drug-likeness (QED) is 0.211. The Bertz CT molecular complexity index is 478. The Hall–Kier alpha value is -1.44. The van der Waals surface area contributed by atoms with E-state index in [1.54, 1.807) is 0 Å². The number of nitrogens with zero attached hydrogens (tertiary/aromatic N) is 2. The summed E-state index contributed by atoms with van der Waals surface area (Å²) < 4.78 is 37.9. The van der Waals surface area contributed by atoms with Crippen LogP contribution in [-0.2, 0) is 6.18 Å². The molecule has 1 heterocycles. The monoisotopic (exact) mass is 307 g/mol. The third kappa shape index (κ3) is 4.59. The summed E-state index contributed by atoms with van der Waals surface area (Å²) in [6.45, 7) is 2.04. The summed E-state index contributed by atoms with van der Waals surface area (Å²) in [5.41, 5.74) is 4.68. The molecule has 0 unspecified atom stereocenters. The van der Waals surface area contributed by atoms with Gasteiger partial charge >= 0.3 is 6.18 Å². The van der Waals surface area contributed by atoms with E-state index in [-0.39, 0.29) is 16.4 Å². The number of hydrogen-bond donors (Lipinski definition) is 2. The van der Waals surface area contributed by atoms with Gasteiger partial charge in [-0.2, -0.15) is 13.2 Å². The van der Waals surface area contributed by atoms with Crippen LogP contribution in [0.5, 0.6) is 0 Å². The number of rotatable bonds is 6. The third-order valence-electron chi connectivity index (χ3n) is 2.52. The molecule has 0 amide bonds. The van der Waals surface area contributed by atoms with E-state index in [2.05, 4.69) is 10.1 Å². The highest BCUT2D eigenvalue weighted by Crippen LogP contribution is 2.31. The summed E-state index contributed by atoms with van der Waals surface area (Å²) in [6, 6.07) is 2.00. The van der Waals surface area contributed by atoms with Gasteiger partial charge in [-0.25, -0.2) is 4.98 Å². The van der Waals surface area contributed by atoms with Crippen LogP contribution in [0.25, 0.3) is 0 Å².